The van der Waals surface area contributed by atoms with Crippen LogP contribution >= 0.6 is 0 Å². The molecule has 0 aliphatic rings. The molecule has 0 bridgehead atoms. The number of hydrogen-bond donors (Lipinski definition) is 2. The van der Waals surface area contributed by atoms with Gasteiger partial charge in [0.1, 0.15) is 11.4 Å². The van der Waals surface area contributed by atoms with E-state index >= 15 is 0 Å². The summed E-state index contributed by atoms with van der Waals surface area (Å²) in [6.07, 6.45) is 1.00. The molecule has 0 amide bonds. The molecule has 26 heavy (non-hydrogen) atoms. The van der Waals surface area contributed by atoms with E-state index in [9.17, 15) is 15.0 Å². The van der Waals surface area contributed by atoms with Gasteiger partial charge >= 0.3 is 0 Å². The normalized spacial score (nSPS) is 12.0. The summed E-state index contributed by atoms with van der Waals surface area (Å²) in [5.74, 6) is -0.472. The number of carbonyl (C=O) groups is 1. The molecule has 2 N–H and O–H groups in total. The van der Waals surface area contributed by atoms with Gasteiger partial charge in [0.15, 0.2) is 5.78 Å². The lowest BCUT2D eigenvalue weighted by molar-refractivity contribution is -0.118. The van der Waals surface area contributed by atoms with Gasteiger partial charge in [-0.15, -0.1) is 0 Å². The molecule has 0 radical (unpaired) electrons. The van der Waals surface area contributed by atoms with Gasteiger partial charge in [-0.2, -0.15) is 0 Å². The van der Waals surface area contributed by atoms with Gasteiger partial charge in [0, 0.05) is 18.1 Å². The Morgan fingerprint density at radius 1 is 0.769 bits per heavy atom. The molecular weight excluding hydrogens is 324 g/mol. The zero-order valence-electron chi connectivity index (χ0n) is 14.2. The van der Waals surface area contributed by atoms with Crippen molar-refractivity contribution in [2.75, 3.05) is 0 Å². The van der Waals surface area contributed by atoms with E-state index in [1.807, 2.05) is 42.5 Å². The maximum atomic E-state index is 12.6. The van der Waals surface area contributed by atoms with Crippen LogP contribution in [-0.2, 0) is 10.4 Å². The van der Waals surface area contributed by atoms with Gasteiger partial charge in [0.05, 0.1) is 0 Å². The summed E-state index contributed by atoms with van der Waals surface area (Å²) in [6, 6.07) is 27.0. The average Bonchev–Trinajstić information content (AvgIpc) is 2.70. The number of hydrogen-bond acceptors (Lipinski definition) is 3. The van der Waals surface area contributed by atoms with Crippen molar-refractivity contribution < 1.29 is 15.0 Å². The first-order chi connectivity index (χ1) is 12.6. The van der Waals surface area contributed by atoms with Crippen molar-refractivity contribution in [3.63, 3.8) is 0 Å². The topological polar surface area (TPSA) is 57.5 Å². The van der Waals surface area contributed by atoms with Gasteiger partial charge in [-0.1, -0.05) is 91.0 Å². The highest BCUT2D eigenvalue weighted by Crippen LogP contribution is 2.33. The van der Waals surface area contributed by atoms with Gasteiger partial charge in [-0.25, -0.2) is 0 Å². The Balaban J connectivity index is 1.93. The molecule has 3 nitrogen and oxygen atoms in total. The average molecular weight is 344 g/mol. The summed E-state index contributed by atoms with van der Waals surface area (Å²) in [5.41, 5.74) is 0.357. The molecule has 0 unspecified atom stereocenters. The minimum atomic E-state index is -1.47. The second kappa shape index (κ2) is 7.81. The van der Waals surface area contributed by atoms with E-state index < -0.39 is 5.60 Å². The zero-order chi connectivity index (χ0) is 18.4. The van der Waals surface area contributed by atoms with E-state index in [0.717, 1.165) is 0 Å². The SMILES string of the molecule is O=C(/C=C(\O)c1ccccc1)CC(O)(c1ccccc1)c1ccccc1. The molecule has 130 valence electrons. The van der Waals surface area contributed by atoms with Crippen LogP contribution in [0, 0.1) is 0 Å². The predicted molar refractivity (Wildman–Crippen MR) is 103 cm³/mol. The highest BCUT2D eigenvalue weighted by atomic mass is 16.3. The van der Waals surface area contributed by atoms with Crippen LogP contribution in [0.15, 0.2) is 97.1 Å². The van der Waals surface area contributed by atoms with Crippen LogP contribution in [0.25, 0.3) is 5.76 Å². The standard InChI is InChI=1S/C23H20O3/c24-21(16-22(25)18-10-4-1-5-11-18)17-23(26,19-12-6-2-7-13-19)20-14-8-3-9-15-20/h1-16,25-26H,17H2/b22-16-. The molecule has 0 aliphatic heterocycles. The third kappa shape index (κ3) is 3.90. The quantitative estimate of drug-likeness (QED) is 0.512. The minimum Gasteiger partial charge on any atom is -0.507 e. The lowest BCUT2D eigenvalue weighted by Gasteiger charge is -2.28. The van der Waals surface area contributed by atoms with Crippen LogP contribution in [0.5, 0.6) is 0 Å². The molecule has 0 saturated heterocycles. The summed E-state index contributed by atoms with van der Waals surface area (Å²) in [4.78, 5) is 12.6. The first kappa shape index (κ1) is 17.6. The molecule has 3 aromatic carbocycles. The van der Waals surface area contributed by atoms with Crippen molar-refractivity contribution in [3.8, 4) is 0 Å². The number of benzene rings is 3. The van der Waals surface area contributed by atoms with Crippen LogP contribution in [0.4, 0.5) is 0 Å². The smallest absolute Gasteiger partial charge is 0.162 e. The third-order valence-corrected chi connectivity index (χ3v) is 4.30. The summed E-state index contributed by atoms with van der Waals surface area (Å²) in [6.45, 7) is 0. The Bertz CT molecular complexity index is 845. The van der Waals surface area contributed by atoms with E-state index in [1.165, 1.54) is 6.08 Å². The summed E-state index contributed by atoms with van der Waals surface area (Å²) < 4.78 is 0. The Morgan fingerprint density at radius 3 is 1.65 bits per heavy atom. The van der Waals surface area contributed by atoms with Gasteiger partial charge in [-0.3, -0.25) is 4.79 Å². The van der Waals surface area contributed by atoms with Gasteiger partial charge < -0.3 is 10.2 Å². The van der Waals surface area contributed by atoms with Crippen molar-refractivity contribution in [1.29, 1.82) is 0 Å². The highest BCUT2D eigenvalue weighted by Gasteiger charge is 2.33. The van der Waals surface area contributed by atoms with Crippen molar-refractivity contribution in [1.82, 2.24) is 0 Å². The van der Waals surface area contributed by atoms with Crippen molar-refractivity contribution in [2.45, 2.75) is 12.0 Å². The molecule has 0 aliphatic carbocycles. The molecule has 3 rings (SSSR count). The molecular formula is C23H20O3. The first-order valence-electron chi connectivity index (χ1n) is 8.42. The fraction of sp³-hybridized carbons (Fsp3) is 0.0870. The third-order valence-electron chi connectivity index (χ3n) is 4.30. The monoisotopic (exact) mass is 344 g/mol. The number of ketones is 1. The van der Waals surface area contributed by atoms with Crippen LogP contribution in [0.2, 0.25) is 0 Å². The second-order valence-electron chi connectivity index (χ2n) is 6.13. The maximum absolute atomic E-state index is 12.6. The fourth-order valence-electron chi connectivity index (χ4n) is 2.95. The first-order valence-corrected chi connectivity index (χ1v) is 8.42. The maximum Gasteiger partial charge on any atom is 0.162 e. The Kier molecular flexibility index (Phi) is 5.30. The number of rotatable bonds is 6. The van der Waals surface area contributed by atoms with Crippen molar-refractivity contribution >= 4 is 11.5 Å². The van der Waals surface area contributed by atoms with E-state index in [1.54, 1.807) is 48.5 Å². The highest BCUT2D eigenvalue weighted by molar-refractivity contribution is 5.96. The van der Waals surface area contributed by atoms with E-state index in [0.29, 0.717) is 16.7 Å². The molecule has 0 heterocycles. The number of carbonyl (C=O) groups excluding carboxylic acids is 1. The summed E-state index contributed by atoms with van der Waals surface area (Å²) in [7, 11) is 0. The zero-order valence-corrected chi connectivity index (χ0v) is 14.2. The lowest BCUT2D eigenvalue weighted by Crippen LogP contribution is -2.30. The fourth-order valence-corrected chi connectivity index (χ4v) is 2.95. The van der Waals surface area contributed by atoms with E-state index in [4.69, 9.17) is 0 Å². The molecule has 3 heteroatoms. The van der Waals surface area contributed by atoms with Crippen molar-refractivity contribution in [2.24, 2.45) is 0 Å². The Hall–Kier alpha value is -3.17. The van der Waals surface area contributed by atoms with Crippen molar-refractivity contribution in [3.05, 3.63) is 114 Å². The predicted octanol–water partition coefficient (Wildman–Crippen LogP) is 4.48. The number of allylic oxidation sites excluding steroid dienone is 1. The van der Waals surface area contributed by atoms with E-state index in [-0.39, 0.29) is 18.0 Å². The Morgan fingerprint density at radius 2 is 1.19 bits per heavy atom. The molecule has 0 fully saturated rings. The van der Waals surface area contributed by atoms with Gasteiger partial charge in [-0.05, 0) is 11.1 Å². The number of aliphatic hydroxyl groups is 2. The summed E-state index contributed by atoms with van der Waals surface area (Å²) >= 11 is 0. The van der Waals surface area contributed by atoms with Gasteiger partial charge in [0.2, 0.25) is 0 Å². The molecule has 0 atom stereocenters. The van der Waals surface area contributed by atoms with Crippen LogP contribution in [-0.4, -0.2) is 16.0 Å². The molecule has 0 aromatic heterocycles. The van der Waals surface area contributed by atoms with Gasteiger partial charge in [0.25, 0.3) is 0 Å². The summed E-state index contributed by atoms with van der Waals surface area (Å²) in [5, 5.41) is 21.6. The largest absolute Gasteiger partial charge is 0.507 e. The second-order valence-corrected chi connectivity index (χ2v) is 6.13. The molecule has 3 aromatic rings. The van der Waals surface area contributed by atoms with E-state index in [2.05, 4.69) is 0 Å². The lowest BCUT2D eigenvalue weighted by atomic mass is 9.82. The van der Waals surface area contributed by atoms with Crippen LogP contribution < -0.4 is 0 Å². The molecule has 0 saturated carbocycles. The van der Waals surface area contributed by atoms with Crippen LogP contribution in [0.3, 0.4) is 0 Å². The number of aliphatic hydroxyl groups excluding tert-OH is 1. The Labute approximate surface area is 152 Å². The minimum absolute atomic E-state index is 0.112. The molecule has 0 spiro atoms. The van der Waals surface area contributed by atoms with Crippen LogP contribution in [0.1, 0.15) is 23.1 Å².